The van der Waals surface area contributed by atoms with Gasteiger partial charge in [0.1, 0.15) is 0 Å². The average molecular weight is 157 g/mol. The van der Waals surface area contributed by atoms with Gasteiger partial charge in [-0.2, -0.15) is 0 Å². The van der Waals surface area contributed by atoms with Crippen molar-refractivity contribution >= 4 is 0 Å². The van der Waals surface area contributed by atoms with Gasteiger partial charge in [0.2, 0.25) is 0 Å². The first-order valence-electron chi connectivity index (χ1n) is 3.62. The summed E-state index contributed by atoms with van der Waals surface area (Å²) in [5.41, 5.74) is 0. The zero-order valence-electron chi connectivity index (χ0n) is 6.84. The zero-order valence-corrected chi connectivity index (χ0v) is 6.84. The van der Waals surface area contributed by atoms with Crippen molar-refractivity contribution in [2.75, 3.05) is 26.8 Å². The van der Waals surface area contributed by atoms with Gasteiger partial charge in [-0.25, -0.2) is 0 Å². The SMILES string of the molecule is C#CCC(O)CNCCOC. The topological polar surface area (TPSA) is 41.5 Å². The molecule has 0 spiro atoms. The molecule has 0 aliphatic rings. The van der Waals surface area contributed by atoms with Crippen LogP contribution in [0.25, 0.3) is 0 Å². The van der Waals surface area contributed by atoms with Crippen LogP contribution in [0.3, 0.4) is 0 Å². The van der Waals surface area contributed by atoms with E-state index in [2.05, 4.69) is 11.2 Å². The first-order chi connectivity index (χ1) is 5.31. The summed E-state index contributed by atoms with van der Waals surface area (Å²) >= 11 is 0. The number of hydrogen-bond donors (Lipinski definition) is 2. The molecule has 3 nitrogen and oxygen atoms in total. The molecule has 0 aromatic rings. The van der Waals surface area contributed by atoms with E-state index < -0.39 is 6.10 Å². The molecule has 0 bridgehead atoms. The van der Waals surface area contributed by atoms with Crippen molar-refractivity contribution in [3.05, 3.63) is 0 Å². The number of terminal acetylenes is 1. The molecule has 0 fully saturated rings. The predicted molar refractivity (Wildman–Crippen MR) is 44.2 cm³/mol. The minimum Gasteiger partial charge on any atom is -0.391 e. The quantitative estimate of drug-likeness (QED) is 0.407. The van der Waals surface area contributed by atoms with E-state index in [1.807, 2.05) is 0 Å². The molecule has 0 amide bonds. The van der Waals surface area contributed by atoms with Crippen LogP contribution in [0.4, 0.5) is 0 Å². The number of hydrogen-bond acceptors (Lipinski definition) is 3. The van der Waals surface area contributed by atoms with Crippen molar-refractivity contribution in [1.29, 1.82) is 0 Å². The fourth-order valence-electron chi connectivity index (χ4n) is 0.651. The second kappa shape index (κ2) is 7.55. The van der Waals surface area contributed by atoms with Crippen molar-refractivity contribution < 1.29 is 9.84 Å². The molecule has 1 unspecified atom stereocenters. The van der Waals surface area contributed by atoms with Gasteiger partial charge < -0.3 is 15.2 Å². The molecule has 0 aliphatic heterocycles. The number of methoxy groups -OCH3 is 1. The predicted octanol–water partition coefficient (Wildman–Crippen LogP) is -0.393. The number of aliphatic hydroxyl groups is 1. The van der Waals surface area contributed by atoms with Crippen LogP contribution in [0.5, 0.6) is 0 Å². The molecule has 64 valence electrons. The molecule has 11 heavy (non-hydrogen) atoms. The van der Waals surface area contributed by atoms with Crippen molar-refractivity contribution in [3.8, 4) is 12.3 Å². The van der Waals surface area contributed by atoms with E-state index in [0.29, 0.717) is 19.6 Å². The van der Waals surface area contributed by atoms with Crippen molar-refractivity contribution in [2.24, 2.45) is 0 Å². The van der Waals surface area contributed by atoms with Gasteiger partial charge in [0, 0.05) is 26.6 Å². The van der Waals surface area contributed by atoms with Crippen LogP contribution >= 0.6 is 0 Å². The van der Waals surface area contributed by atoms with Crippen molar-refractivity contribution in [3.63, 3.8) is 0 Å². The van der Waals surface area contributed by atoms with Crippen LogP contribution in [0.1, 0.15) is 6.42 Å². The van der Waals surface area contributed by atoms with Crippen LogP contribution < -0.4 is 5.32 Å². The summed E-state index contributed by atoms with van der Waals surface area (Å²) in [4.78, 5) is 0. The van der Waals surface area contributed by atoms with Gasteiger partial charge in [0.25, 0.3) is 0 Å². The summed E-state index contributed by atoms with van der Waals surface area (Å²) in [7, 11) is 1.64. The normalized spacial score (nSPS) is 12.5. The van der Waals surface area contributed by atoms with Gasteiger partial charge >= 0.3 is 0 Å². The second-order valence-electron chi connectivity index (χ2n) is 2.26. The maximum Gasteiger partial charge on any atom is 0.0773 e. The minimum atomic E-state index is -0.433. The average Bonchev–Trinajstić information content (AvgIpc) is 1.99. The highest BCUT2D eigenvalue weighted by Gasteiger charge is 1.98. The van der Waals surface area contributed by atoms with Gasteiger partial charge in [0.15, 0.2) is 0 Å². The van der Waals surface area contributed by atoms with Gasteiger partial charge in [-0.05, 0) is 0 Å². The Labute approximate surface area is 67.8 Å². The van der Waals surface area contributed by atoms with Gasteiger partial charge in [0.05, 0.1) is 12.7 Å². The molecular weight excluding hydrogens is 142 g/mol. The van der Waals surface area contributed by atoms with Gasteiger partial charge in [-0.3, -0.25) is 0 Å². The Balaban J connectivity index is 3.05. The Morgan fingerprint density at radius 2 is 2.45 bits per heavy atom. The lowest BCUT2D eigenvalue weighted by atomic mass is 10.2. The van der Waals surface area contributed by atoms with Crippen molar-refractivity contribution in [1.82, 2.24) is 5.32 Å². The number of rotatable bonds is 6. The molecule has 0 rings (SSSR count). The van der Waals surface area contributed by atoms with E-state index in [-0.39, 0.29) is 0 Å². The fourth-order valence-corrected chi connectivity index (χ4v) is 0.651. The Kier molecular flexibility index (Phi) is 7.16. The highest BCUT2D eigenvalue weighted by atomic mass is 16.5. The van der Waals surface area contributed by atoms with Crippen LogP contribution in [0, 0.1) is 12.3 Å². The largest absolute Gasteiger partial charge is 0.391 e. The van der Waals surface area contributed by atoms with Crippen molar-refractivity contribution in [2.45, 2.75) is 12.5 Å². The second-order valence-corrected chi connectivity index (χ2v) is 2.26. The van der Waals surface area contributed by atoms with Crippen LogP contribution in [-0.2, 0) is 4.74 Å². The van der Waals surface area contributed by atoms with Gasteiger partial charge in [-0.1, -0.05) is 0 Å². The van der Waals surface area contributed by atoms with Crippen LogP contribution in [-0.4, -0.2) is 38.0 Å². The maximum absolute atomic E-state index is 9.10. The van der Waals surface area contributed by atoms with E-state index in [1.165, 1.54) is 0 Å². The van der Waals surface area contributed by atoms with Crippen LogP contribution in [0.15, 0.2) is 0 Å². The molecule has 0 aromatic carbocycles. The molecule has 0 heterocycles. The molecule has 0 aliphatic carbocycles. The van der Waals surface area contributed by atoms with E-state index in [9.17, 15) is 0 Å². The minimum absolute atomic E-state index is 0.403. The molecule has 1 atom stereocenters. The Bertz CT molecular complexity index is 120. The smallest absolute Gasteiger partial charge is 0.0773 e. The number of ether oxygens (including phenoxy) is 1. The summed E-state index contributed by atoms with van der Waals surface area (Å²) in [6, 6.07) is 0. The summed E-state index contributed by atoms with van der Waals surface area (Å²) < 4.78 is 4.80. The maximum atomic E-state index is 9.10. The Hall–Kier alpha value is -0.560. The first kappa shape index (κ1) is 10.4. The van der Waals surface area contributed by atoms with Crippen LogP contribution in [0.2, 0.25) is 0 Å². The van der Waals surface area contributed by atoms with Gasteiger partial charge in [-0.15, -0.1) is 12.3 Å². The van der Waals surface area contributed by atoms with E-state index in [1.54, 1.807) is 7.11 Å². The summed E-state index contributed by atoms with van der Waals surface area (Å²) in [5, 5.41) is 12.1. The Morgan fingerprint density at radius 3 is 3.00 bits per heavy atom. The lowest BCUT2D eigenvalue weighted by Crippen LogP contribution is -2.28. The molecule has 3 heteroatoms. The molecular formula is C8H15NO2. The monoisotopic (exact) mass is 157 g/mol. The lowest BCUT2D eigenvalue weighted by Gasteiger charge is -2.07. The summed E-state index contributed by atoms with van der Waals surface area (Å²) in [5.74, 6) is 2.39. The Morgan fingerprint density at radius 1 is 1.73 bits per heavy atom. The lowest BCUT2D eigenvalue weighted by molar-refractivity contribution is 0.163. The van der Waals surface area contributed by atoms with E-state index in [0.717, 1.165) is 6.54 Å². The highest BCUT2D eigenvalue weighted by molar-refractivity contribution is 4.87. The molecule has 2 N–H and O–H groups in total. The zero-order chi connectivity index (χ0) is 8.53. The van der Waals surface area contributed by atoms with E-state index >= 15 is 0 Å². The third kappa shape index (κ3) is 7.34. The first-order valence-corrected chi connectivity index (χ1v) is 3.62. The summed E-state index contributed by atoms with van der Waals surface area (Å²) in [6.45, 7) is 1.94. The number of aliphatic hydroxyl groups excluding tert-OH is 1. The molecule has 0 saturated carbocycles. The van der Waals surface area contributed by atoms with E-state index in [4.69, 9.17) is 16.3 Å². The third-order valence-corrected chi connectivity index (χ3v) is 1.22. The highest BCUT2D eigenvalue weighted by Crippen LogP contribution is 1.85. The third-order valence-electron chi connectivity index (χ3n) is 1.22. The standard InChI is InChI=1S/C8H15NO2/c1-3-4-8(10)7-9-5-6-11-2/h1,8-10H,4-7H2,2H3. The summed E-state index contributed by atoms with van der Waals surface area (Å²) in [6.07, 6.45) is 4.97. The molecule has 0 radical (unpaired) electrons. The molecule has 0 aromatic heterocycles. The number of nitrogens with one attached hydrogen (secondary N) is 1. The fraction of sp³-hybridized carbons (Fsp3) is 0.750. The molecule has 0 saturated heterocycles.